The Morgan fingerprint density at radius 3 is 2.00 bits per heavy atom. The maximum Gasteiger partial charge on any atom is 0.312 e. The first-order valence-electron chi connectivity index (χ1n) is 12.1. The van der Waals surface area contributed by atoms with Crippen LogP contribution in [0.2, 0.25) is 0 Å². The molecule has 0 saturated heterocycles. The SMILES string of the molecule is CCOC(C)OC1(C)CC2(OC(=O)C(C)(C)CC)CC(C)CC(OC(C)OCC)(C1)C2. The molecule has 182 valence electrons. The predicted octanol–water partition coefficient (Wildman–Crippen LogP) is 5.61. The van der Waals surface area contributed by atoms with Gasteiger partial charge in [-0.15, -0.1) is 0 Å². The molecule has 2 aliphatic carbocycles. The molecule has 0 aromatic heterocycles. The van der Waals surface area contributed by atoms with E-state index in [4.69, 9.17) is 23.7 Å². The van der Waals surface area contributed by atoms with E-state index in [9.17, 15) is 4.79 Å². The van der Waals surface area contributed by atoms with Crippen LogP contribution in [0.3, 0.4) is 0 Å². The van der Waals surface area contributed by atoms with E-state index in [1.165, 1.54) is 0 Å². The lowest BCUT2D eigenvalue weighted by atomic mass is 9.58. The summed E-state index contributed by atoms with van der Waals surface area (Å²) < 4.78 is 30.9. The summed E-state index contributed by atoms with van der Waals surface area (Å²) in [5, 5.41) is 0. The highest BCUT2D eigenvalue weighted by Gasteiger charge is 2.61. The smallest absolute Gasteiger partial charge is 0.312 e. The molecule has 2 fully saturated rings. The Hall–Kier alpha value is -0.690. The summed E-state index contributed by atoms with van der Waals surface area (Å²) in [6.45, 7) is 19.2. The van der Waals surface area contributed by atoms with Crippen LogP contribution >= 0.6 is 0 Å². The average Bonchev–Trinajstić information content (AvgIpc) is 2.59. The van der Waals surface area contributed by atoms with Crippen LogP contribution in [0.15, 0.2) is 0 Å². The number of carbonyl (C=O) groups is 1. The Balaban J connectivity index is 2.40. The van der Waals surface area contributed by atoms with Gasteiger partial charge in [-0.3, -0.25) is 4.79 Å². The first-order chi connectivity index (χ1) is 14.3. The minimum Gasteiger partial charge on any atom is -0.458 e. The predicted molar refractivity (Wildman–Crippen MR) is 121 cm³/mol. The summed E-state index contributed by atoms with van der Waals surface area (Å²) >= 11 is 0. The van der Waals surface area contributed by atoms with Gasteiger partial charge in [0, 0.05) is 32.5 Å². The highest BCUT2D eigenvalue weighted by molar-refractivity contribution is 5.76. The zero-order chi connectivity index (χ0) is 23.5. The lowest BCUT2D eigenvalue weighted by Gasteiger charge is -2.59. The maximum atomic E-state index is 13.2. The lowest BCUT2D eigenvalue weighted by Crippen LogP contribution is -2.64. The molecule has 0 spiro atoms. The van der Waals surface area contributed by atoms with Crippen LogP contribution in [0, 0.1) is 11.3 Å². The van der Waals surface area contributed by atoms with E-state index in [0.29, 0.717) is 32.0 Å². The molecule has 31 heavy (non-hydrogen) atoms. The molecular formula is C25H46O6. The van der Waals surface area contributed by atoms with Gasteiger partial charge in [0.25, 0.3) is 0 Å². The van der Waals surface area contributed by atoms with Crippen molar-refractivity contribution >= 4 is 5.97 Å². The number of carbonyl (C=O) groups excluding carboxylic acids is 1. The van der Waals surface area contributed by atoms with Crippen molar-refractivity contribution in [2.24, 2.45) is 11.3 Å². The standard InChI is InChI=1S/C25H46O6/c1-10-22(7,8)21(26)31-25-14-18(4)13-24(17-25,30-20(6)28-12-3)15-23(9,16-25)29-19(5)27-11-2/h18-20H,10-17H2,1-9H3. The van der Waals surface area contributed by atoms with Gasteiger partial charge in [0.15, 0.2) is 12.6 Å². The van der Waals surface area contributed by atoms with E-state index in [1.54, 1.807) is 0 Å². The number of hydrogen-bond acceptors (Lipinski definition) is 6. The number of ether oxygens (including phenoxy) is 5. The highest BCUT2D eigenvalue weighted by atomic mass is 16.7. The Labute approximate surface area is 189 Å². The molecule has 2 rings (SSSR count). The second-order valence-electron chi connectivity index (χ2n) is 10.8. The number of esters is 1. The second kappa shape index (κ2) is 10.1. The van der Waals surface area contributed by atoms with Gasteiger partial charge in [-0.05, 0) is 73.6 Å². The van der Waals surface area contributed by atoms with Gasteiger partial charge in [-0.2, -0.15) is 0 Å². The van der Waals surface area contributed by atoms with Crippen molar-refractivity contribution in [1.29, 1.82) is 0 Å². The first-order valence-corrected chi connectivity index (χ1v) is 12.1. The van der Waals surface area contributed by atoms with Gasteiger partial charge in [0.2, 0.25) is 0 Å². The Kier molecular flexibility index (Phi) is 8.62. The van der Waals surface area contributed by atoms with Crippen LogP contribution in [-0.2, 0) is 28.5 Å². The highest BCUT2D eigenvalue weighted by Crippen LogP contribution is 2.56. The van der Waals surface area contributed by atoms with Gasteiger partial charge in [0.1, 0.15) is 5.60 Å². The molecule has 2 aliphatic rings. The van der Waals surface area contributed by atoms with E-state index in [2.05, 4.69) is 13.8 Å². The Morgan fingerprint density at radius 2 is 1.45 bits per heavy atom. The van der Waals surface area contributed by atoms with Gasteiger partial charge >= 0.3 is 5.97 Å². The molecule has 2 bridgehead atoms. The zero-order valence-electron chi connectivity index (χ0n) is 21.3. The molecule has 0 aromatic rings. The zero-order valence-corrected chi connectivity index (χ0v) is 21.3. The van der Waals surface area contributed by atoms with Crippen molar-refractivity contribution in [3.05, 3.63) is 0 Å². The van der Waals surface area contributed by atoms with Crippen LogP contribution in [0.4, 0.5) is 0 Å². The van der Waals surface area contributed by atoms with Crippen molar-refractivity contribution in [2.45, 2.75) is 130 Å². The second-order valence-corrected chi connectivity index (χ2v) is 10.8. The topological polar surface area (TPSA) is 63.2 Å². The fraction of sp³-hybridized carbons (Fsp3) is 0.960. The normalized spacial score (nSPS) is 35.5. The molecule has 0 heterocycles. The molecular weight excluding hydrogens is 396 g/mol. The van der Waals surface area contributed by atoms with Crippen LogP contribution in [-0.4, -0.2) is 48.6 Å². The molecule has 2 saturated carbocycles. The Morgan fingerprint density at radius 1 is 0.935 bits per heavy atom. The first kappa shape index (κ1) is 26.6. The molecule has 0 amide bonds. The van der Waals surface area contributed by atoms with E-state index in [0.717, 1.165) is 25.7 Å². The number of rotatable bonds is 11. The van der Waals surface area contributed by atoms with E-state index < -0.39 is 22.2 Å². The summed E-state index contributed by atoms with van der Waals surface area (Å²) in [5.41, 5.74) is -2.14. The lowest BCUT2D eigenvalue weighted by molar-refractivity contribution is -0.303. The van der Waals surface area contributed by atoms with E-state index >= 15 is 0 Å². The van der Waals surface area contributed by atoms with Gasteiger partial charge in [-0.25, -0.2) is 0 Å². The summed E-state index contributed by atoms with van der Waals surface area (Å²) in [6.07, 6.45) is 3.80. The molecule has 0 N–H and O–H groups in total. The summed E-state index contributed by atoms with van der Waals surface area (Å²) in [6, 6.07) is 0. The van der Waals surface area contributed by atoms with Crippen molar-refractivity contribution in [3.8, 4) is 0 Å². The summed E-state index contributed by atoms with van der Waals surface area (Å²) in [4.78, 5) is 13.2. The van der Waals surface area contributed by atoms with Crippen LogP contribution in [0.1, 0.15) is 101 Å². The monoisotopic (exact) mass is 442 g/mol. The number of hydrogen-bond donors (Lipinski definition) is 0. The van der Waals surface area contributed by atoms with E-state index in [-0.39, 0.29) is 18.5 Å². The number of fused-ring (bicyclic) bond motifs is 2. The van der Waals surface area contributed by atoms with Gasteiger partial charge in [0.05, 0.1) is 16.6 Å². The molecule has 6 nitrogen and oxygen atoms in total. The third kappa shape index (κ3) is 6.66. The molecule has 6 atom stereocenters. The molecule has 0 aliphatic heterocycles. The average molecular weight is 443 g/mol. The minimum atomic E-state index is -0.619. The van der Waals surface area contributed by atoms with Crippen molar-refractivity contribution < 1.29 is 28.5 Å². The van der Waals surface area contributed by atoms with Crippen molar-refractivity contribution in [3.63, 3.8) is 0 Å². The molecule has 6 heteroatoms. The van der Waals surface area contributed by atoms with Crippen molar-refractivity contribution in [1.82, 2.24) is 0 Å². The fourth-order valence-corrected chi connectivity index (χ4v) is 5.87. The molecule has 6 unspecified atom stereocenters. The van der Waals surface area contributed by atoms with Crippen LogP contribution < -0.4 is 0 Å². The Bertz CT molecular complexity index is 603. The van der Waals surface area contributed by atoms with Gasteiger partial charge < -0.3 is 23.7 Å². The van der Waals surface area contributed by atoms with E-state index in [1.807, 2.05) is 48.5 Å². The largest absolute Gasteiger partial charge is 0.458 e. The van der Waals surface area contributed by atoms with Crippen molar-refractivity contribution in [2.75, 3.05) is 13.2 Å². The maximum absolute atomic E-state index is 13.2. The van der Waals surface area contributed by atoms with Crippen LogP contribution in [0.5, 0.6) is 0 Å². The third-order valence-corrected chi connectivity index (χ3v) is 6.89. The molecule has 0 radical (unpaired) electrons. The molecule has 0 aromatic carbocycles. The summed E-state index contributed by atoms with van der Waals surface area (Å²) in [5.74, 6) is 0.229. The quantitative estimate of drug-likeness (QED) is 0.306. The van der Waals surface area contributed by atoms with Gasteiger partial charge in [-0.1, -0.05) is 13.8 Å². The fourth-order valence-electron chi connectivity index (χ4n) is 5.87. The van der Waals surface area contributed by atoms with Crippen LogP contribution in [0.25, 0.3) is 0 Å². The third-order valence-electron chi connectivity index (χ3n) is 6.89. The summed E-state index contributed by atoms with van der Waals surface area (Å²) in [7, 11) is 0. The minimum absolute atomic E-state index is 0.141.